The van der Waals surface area contributed by atoms with E-state index in [0.717, 1.165) is 18.6 Å². The lowest BCUT2D eigenvalue weighted by atomic mass is 10.0. The molecule has 2 rings (SSSR count). The first-order valence-electron chi connectivity index (χ1n) is 7.78. The van der Waals surface area contributed by atoms with Crippen LogP contribution in [0.3, 0.4) is 0 Å². The zero-order chi connectivity index (χ0) is 15.1. The second-order valence-corrected chi connectivity index (χ2v) is 7.12. The number of aliphatic hydroxyl groups is 1. The largest absolute Gasteiger partial charge is 0.391 e. The Kier molecular flexibility index (Phi) is 6.58. The monoisotopic (exact) mass is 307 g/mol. The van der Waals surface area contributed by atoms with Gasteiger partial charge >= 0.3 is 0 Å². The number of hydrogen-bond acceptors (Lipinski definition) is 3. The number of benzene rings is 1. The molecule has 0 aromatic heterocycles. The lowest BCUT2D eigenvalue weighted by molar-refractivity contribution is -0.120. The molecule has 0 heterocycles. The minimum atomic E-state index is -0.386. The molecule has 2 unspecified atom stereocenters. The van der Waals surface area contributed by atoms with Crippen LogP contribution in [0.1, 0.15) is 38.2 Å². The van der Waals surface area contributed by atoms with Crippen LogP contribution in [0.2, 0.25) is 0 Å². The summed E-state index contributed by atoms with van der Waals surface area (Å²) >= 11 is 1.63. The van der Waals surface area contributed by atoms with E-state index in [1.807, 2.05) is 25.1 Å². The topological polar surface area (TPSA) is 49.3 Å². The van der Waals surface area contributed by atoms with Crippen molar-refractivity contribution in [3.05, 3.63) is 35.9 Å². The van der Waals surface area contributed by atoms with Crippen molar-refractivity contribution in [3.8, 4) is 0 Å². The zero-order valence-electron chi connectivity index (χ0n) is 12.6. The van der Waals surface area contributed by atoms with Crippen LogP contribution in [0, 0.1) is 5.92 Å². The third kappa shape index (κ3) is 5.36. The second-order valence-electron chi connectivity index (χ2n) is 5.80. The second kappa shape index (κ2) is 8.44. The first-order chi connectivity index (χ1) is 10.2. The summed E-state index contributed by atoms with van der Waals surface area (Å²) in [5, 5.41) is 12.9. The Bertz CT molecular complexity index is 432. The van der Waals surface area contributed by atoms with Crippen LogP contribution in [0.15, 0.2) is 30.3 Å². The van der Waals surface area contributed by atoms with Crippen molar-refractivity contribution in [2.75, 3.05) is 6.54 Å². The Labute approximate surface area is 131 Å². The van der Waals surface area contributed by atoms with Crippen LogP contribution in [0.25, 0.3) is 0 Å². The molecule has 1 aromatic carbocycles. The van der Waals surface area contributed by atoms with Crippen LogP contribution in [0.4, 0.5) is 0 Å². The van der Waals surface area contributed by atoms with Crippen molar-refractivity contribution in [1.29, 1.82) is 0 Å². The van der Waals surface area contributed by atoms with Crippen LogP contribution < -0.4 is 5.32 Å². The highest BCUT2D eigenvalue weighted by Gasteiger charge is 2.24. The van der Waals surface area contributed by atoms with E-state index in [2.05, 4.69) is 17.4 Å². The number of hydrogen-bond donors (Lipinski definition) is 2. The van der Waals surface area contributed by atoms with Gasteiger partial charge in [0.2, 0.25) is 5.91 Å². The summed E-state index contributed by atoms with van der Waals surface area (Å²) < 4.78 is 0. The standard InChI is InChI=1S/C17H25NO2S/c1-13(21-12-14-7-3-2-4-8-14)17(20)18-11-16(19)15-9-5-6-10-15/h2-4,7-8,13,15-16,19H,5-6,9-12H2,1H3,(H,18,20). The summed E-state index contributed by atoms with van der Waals surface area (Å²) in [5.41, 5.74) is 1.23. The third-order valence-corrected chi connectivity index (χ3v) is 5.36. The highest BCUT2D eigenvalue weighted by Crippen LogP contribution is 2.27. The highest BCUT2D eigenvalue weighted by atomic mass is 32.2. The first kappa shape index (κ1) is 16.4. The van der Waals surface area contributed by atoms with E-state index in [0.29, 0.717) is 12.5 Å². The smallest absolute Gasteiger partial charge is 0.232 e. The van der Waals surface area contributed by atoms with Crippen molar-refractivity contribution >= 4 is 17.7 Å². The number of nitrogens with one attached hydrogen (secondary N) is 1. The van der Waals surface area contributed by atoms with Crippen molar-refractivity contribution < 1.29 is 9.90 Å². The number of carbonyl (C=O) groups is 1. The fourth-order valence-electron chi connectivity index (χ4n) is 2.73. The van der Waals surface area contributed by atoms with Crippen molar-refractivity contribution in [1.82, 2.24) is 5.32 Å². The van der Waals surface area contributed by atoms with E-state index in [4.69, 9.17) is 0 Å². The summed E-state index contributed by atoms with van der Waals surface area (Å²) in [6.07, 6.45) is 4.21. The van der Waals surface area contributed by atoms with E-state index in [9.17, 15) is 9.90 Å². The molecule has 2 atom stereocenters. The number of rotatable bonds is 7. The Balaban J connectivity index is 1.67. The van der Waals surface area contributed by atoms with Gasteiger partial charge < -0.3 is 10.4 Å². The van der Waals surface area contributed by atoms with Crippen molar-refractivity contribution in [2.24, 2.45) is 5.92 Å². The van der Waals surface area contributed by atoms with Crippen LogP contribution in [-0.2, 0) is 10.5 Å². The normalized spacial score (nSPS) is 18.4. The fourth-order valence-corrected chi connectivity index (χ4v) is 3.60. The maximum absolute atomic E-state index is 12.0. The van der Waals surface area contributed by atoms with Gasteiger partial charge in [-0.25, -0.2) is 0 Å². The molecule has 0 bridgehead atoms. The van der Waals surface area contributed by atoms with E-state index < -0.39 is 0 Å². The molecule has 0 aliphatic heterocycles. The summed E-state index contributed by atoms with van der Waals surface area (Å²) in [7, 11) is 0. The molecule has 0 radical (unpaired) electrons. The molecule has 1 amide bonds. The van der Waals surface area contributed by atoms with E-state index in [1.54, 1.807) is 11.8 Å². The summed E-state index contributed by atoms with van der Waals surface area (Å²) in [6, 6.07) is 10.2. The van der Waals surface area contributed by atoms with Gasteiger partial charge in [0, 0.05) is 12.3 Å². The number of carbonyl (C=O) groups excluding carboxylic acids is 1. The van der Waals surface area contributed by atoms with Crippen molar-refractivity contribution in [3.63, 3.8) is 0 Å². The molecule has 3 nitrogen and oxygen atoms in total. The molecule has 2 N–H and O–H groups in total. The molecule has 1 aliphatic carbocycles. The Morgan fingerprint density at radius 2 is 2.00 bits per heavy atom. The van der Waals surface area contributed by atoms with Gasteiger partial charge in [-0.05, 0) is 31.2 Å². The SMILES string of the molecule is CC(SCc1ccccc1)C(=O)NCC(O)C1CCCC1. The van der Waals surface area contributed by atoms with Gasteiger partial charge in [0.25, 0.3) is 0 Å². The minimum absolute atomic E-state index is 0.0213. The molecular formula is C17H25NO2S. The predicted molar refractivity (Wildman–Crippen MR) is 88.2 cm³/mol. The zero-order valence-corrected chi connectivity index (χ0v) is 13.4. The van der Waals surface area contributed by atoms with Gasteiger partial charge in [0.05, 0.1) is 11.4 Å². The van der Waals surface area contributed by atoms with E-state index in [1.165, 1.54) is 18.4 Å². The average Bonchev–Trinajstić information content (AvgIpc) is 3.05. The van der Waals surface area contributed by atoms with E-state index >= 15 is 0 Å². The summed E-state index contributed by atoms with van der Waals surface area (Å²) in [4.78, 5) is 12.0. The number of amides is 1. The number of thioether (sulfide) groups is 1. The van der Waals surface area contributed by atoms with Crippen LogP contribution in [0.5, 0.6) is 0 Å². The predicted octanol–water partition coefficient (Wildman–Crippen LogP) is 2.98. The van der Waals surface area contributed by atoms with E-state index in [-0.39, 0.29) is 17.3 Å². The molecule has 1 saturated carbocycles. The number of aliphatic hydroxyl groups excluding tert-OH is 1. The Morgan fingerprint density at radius 3 is 2.67 bits per heavy atom. The lowest BCUT2D eigenvalue weighted by Crippen LogP contribution is -2.39. The minimum Gasteiger partial charge on any atom is -0.391 e. The molecule has 0 saturated heterocycles. The van der Waals surface area contributed by atoms with Crippen molar-refractivity contribution in [2.45, 2.75) is 49.7 Å². The van der Waals surface area contributed by atoms with Gasteiger partial charge in [0.1, 0.15) is 0 Å². The third-order valence-electron chi connectivity index (χ3n) is 4.14. The molecule has 1 aromatic rings. The maximum atomic E-state index is 12.0. The summed E-state index contributed by atoms with van der Waals surface area (Å²) in [6.45, 7) is 2.31. The van der Waals surface area contributed by atoms with Gasteiger partial charge in [-0.2, -0.15) is 0 Å². The van der Waals surface area contributed by atoms with Crippen LogP contribution in [-0.4, -0.2) is 28.9 Å². The molecular weight excluding hydrogens is 282 g/mol. The van der Waals surface area contributed by atoms with Gasteiger partial charge in [-0.15, -0.1) is 11.8 Å². The maximum Gasteiger partial charge on any atom is 0.232 e. The van der Waals surface area contributed by atoms with Gasteiger partial charge in [0.15, 0.2) is 0 Å². The first-order valence-corrected chi connectivity index (χ1v) is 8.83. The molecule has 1 fully saturated rings. The molecule has 1 aliphatic rings. The average molecular weight is 307 g/mol. The molecule has 21 heavy (non-hydrogen) atoms. The molecule has 0 spiro atoms. The lowest BCUT2D eigenvalue weighted by Gasteiger charge is -2.19. The summed E-state index contributed by atoms with van der Waals surface area (Å²) in [5.74, 6) is 1.23. The molecule has 116 valence electrons. The quantitative estimate of drug-likeness (QED) is 0.814. The Morgan fingerprint density at radius 1 is 1.33 bits per heavy atom. The van der Waals surface area contributed by atoms with Crippen LogP contribution >= 0.6 is 11.8 Å². The molecule has 4 heteroatoms. The highest BCUT2D eigenvalue weighted by molar-refractivity contribution is 7.99. The van der Waals surface area contributed by atoms with Gasteiger partial charge in [-0.1, -0.05) is 43.2 Å². The van der Waals surface area contributed by atoms with Gasteiger partial charge in [-0.3, -0.25) is 4.79 Å². The Hall–Kier alpha value is -1.00. The fraction of sp³-hybridized carbons (Fsp3) is 0.588.